The molecule has 0 aliphatic rings. The van der Waals surface area contributed by atoms with E-state index in [1.807, 2.05) is 0 Å². The highest BCUT2D eigenvalue weighted by Gasteiger charge is 2.18. The smallest absolute Gasteiger partial charge is 0.411 e. The number of benzene rings is 1. The molecule has 108 valence electrons. The van der Waals surface area contributed by atoms with Crippen molar-refractivity contribution in [3.05, 3.63) is 57.8 Å². The quantitative estimate of drug-likeness (QED) is 0.388. The van der Waals surface area contributed by atoms with Gasteiger partial charge in [0.25, 0.3) is 5.91 Å². The molecule has 0 saturated heterocycles. The molecule has 21 heavy (non-hydrogen) atoms. The van der Waals surface area contributed by atoms with Crippen molar-refractivity contribution in [3.63, 3.8) is 0 Å². The Hall–Kier alpha value is -3.16. The average Bonchev–Trinajstić information content (AvgIpc) is 2.97. The van der Waals surface area contributed by atoms with E-state index in [1.165, 1.54) is 6.07 Å². The standard InChI is InChI=1S/C13H11N3O5/c1-8(15-18)9-4-2-3-5-10(9)14-13(17)11-6-7-12(21-11)16(19)20/h2-7,18H,1H3,(H,14,17)/b15-8+. The maximum Gasteiger partial charge on any atom is 0.433 e. The summed E-state index contributed by atoms with van der Waals surface area (Å²) in [6.07, 6.45) is 0. The Labute approximate surface area is 118 Å². The van der Waals surface area contributed by atoms with Gasteiger partial charge in [-0.3, -0.25) is 14.9 Å². The Morgan fingerprint density at radius 3 is 2.67 bits per heavy atom. The van der Waals surface area contributed by atoms with Gasteiger partial charge in [-0.1, -0.05) is 23.4 Å². The SMILES string of the molecule is C/C(=N\O)c1ccccc1NC(=O)c1ccc([N+](=O)[O-])o1. The van der Waals surface area contributed by atoms with Crippen molar-refractivity contribution in [2.24, 2.45) is 5.16 Å². The first kappa shape index (κ1) is 14.3. The van der Waals surface area contributed by atoms with Crippen LogP contribution in [0.15, 0.2) is 46.0 Å². The lowest BCUT2D eigenvalue weighted by Crippen LogP contribution is -2.13. The molecule has 8 heteroatoms. The predicted molar refractivity (Wildman–Crippen MR) is 73.8 cm³/mol. The van der Waals surface area contributed by atoms with E-state index in [2.05, 4.69) is 10.5 Å². The van der Waals surface area contributed by atoms with Gasteiger partial charge in [0.2, 0.25) is 0 Å². The van der Waals surface area contributed by atoms with Crippen LogP contribution in [0.25, 0.3) is 0 Å². The van der Waals surface area contributed by atoms with Gasteiger partial charge in [-0.25, -0.2) is 0 Å². The summed E-state index contributed by atoms with van der Waals surface area (Å²) in [6, 6.07) is 8.99. The molecule has 8 nitrogen and oxygen atoms in total. The number of carbonyl (C=O) groups is 1. The number of para-hydroxylation sites is 1. The number of hydrogen-bond acceptors (Lipinski definition) is 6. The van der Waals surface area contributed by atoms with Crippen LogP contribution in [0.3, 0.4) is 0 Å². The number of hydrogen-bond donors (Lipinski definition) is 2. The van der Waals surface area contributed by atoms with Crippen LogP contribution in [-0.4, -0.2) is 21.7 Å². The summed E-state index contributed by atoms with van der Waals surface area (Å²) in [6.45, 7) is 1.57. The molecule has 2 rings (SSSR count). The zero-order valence-corrected chi connectivity index (χ0v) is 10.9. The zero-order valence-electron chi connectivity index (χ0n) is 10.9. The summed E-state index contributed by atoms with van der Waals surface area (Å²) < 4.78 is 4.82. The van der Waals surface area contributed by atoms with Gasteiger partial charge >= 0.3 is 5.88 Å². The van der Waals surface area contributed by atoms with Crippen molar-refractivity contribution >= 4 is 23.2 Å². The minimum atomic E-state index is -0.729. The molecule has 1 aromatic heterocycles. The highest BCUT2D eigenvalue weighted by molar-refractivity contribution is 6.09. The van der Waals surface area contributed by atoms with Crippen LogP contribution in [0.4, 0.5) is 11.6 Å². The number of rotatable bonds is 4. The van der Waals surface area contributed by atoms with Gasteiger partial charge in [-0.05, 0) is 19.1 Å². The second kappa shape index (κ2) is 5.87. The lowest BCUT2D eigenvalue weighted by Gasteiger charge is -2.08. The lowest BCUT2D eigenvalue weighted by molar-refractivity contribution is -0.402. The zero-order chi connectivity index (χ0) is 15.4. The van der Waals surface area contributed by atoms with Gasteiger partial charge in [0, 0.05) is 5.56 Å². The number of carbonyl (C=O) groups excluding carboxylic acids is 1. The maximum atomic E-state index is 12.0. The summed E-state index contributed by atoms with van der Waals surface area (Å²) in [5.41, 5.74) is 1.24. The second-order valence-corrected chi connectivity index (χ2v) is 4.08. The topological polar surface area (TPSA) is 118 Å². The number of furan rings is 1. The number of nitrogens with zero attached hydrogens (tertiary/aromatic N) is 2. The Bertz CT molecular complexity index is 720. The van der Waals surface area contributed by atoms with E-state index in [9.17, 15) is 14.9 Å². The fourth-order valence-electron chi connectivity index (χ4n) is 1.69. The summed E-state index contributed by atoms with van der Waals surface area (Å²) in [4.78, 5) is 21.8. The molecule has 1 heterocycles. The molecule has 1 aromatic carbocycles. The number of nitrogens with one attached hydrogen (secondary N) is 1. The van der Waals surface area contributed by atoms with E-state index < -0.39 is 16.7 Å². The molecule has 2 aromatic rings. The first-order valence-electron chi connectivity index (χ1n) is 5.86. The molecule has 1 amide bonds. The summed E-state index contributed by atoms with van der Waals surface area (Å²) in [5, 5.41) is 25.0. The van der Waals surface area contributed by atoms with Gasteiger partial charge in [0.15, 0.2) is 5.76 Å². The molecule has 0 saturated carbocycles. The molecule has 0 fully saturated rings. The maximum absolute atomic E-state index is 12.0. The molecule has 2 N–H and O–H groups in total. The van der Waals surface area contributed by atoms with Gasteiger partial charge < -0.3 is 14.9 Å². The molecular formula is C13H11N3O5. The van der Waals surface area contributed by atoms with Gasteiger partial charge in [-0.2, -0.15) is 0 Å². The number of nitro groups is 1. The van der Waals surface area contributed by atoms with E-state index in [-0.39, 0.29) is 5.76 Å². The van der Waals surface area contributed by atoms with E-state index in [1.54, 1.807) is 31.2 Å². The third-order valence-electron chi connectivity index (χ3n) is 2.71. The van der Waals surface area contributed by atoms with Gasteiger partial charge in [0.05, 0.1) is 17.5 Å². The highest BCUT2D eigenvalue weighted by Crippen LogP contribution is 2.20. The molecule has 0 atom stereocenters. The fraction of sp³-hybridized carbons (Fsp3) is 0.0769. The highest BCUT2D eigenvalue weighted by atomic mass is 16.6. The predicted octanol–water partition coefficient (Wildman–Crippen LogP) is 2.64. The summed E-state index contributed by atoms with van der Waals surface area (Å²) in [7, 11) is 0. The Morgan fingerprint density at radius 1 is 1.33 bits per heavy atom. The molecule has 0 radical (unpaired) electrons. The van der Waals surface area contributed by atoms with Crippen LogP contribution < -0.4 is 5.32 Å². The number of oxime groups is 1. The Morgan fingerprint density at radius 2 is 2.05 bits per heavy atom. The third kappa shape index (κ3) is 3.06. The minimum Gasteiger partial charge on any atom is -0.411 e. The molecule has 0 spiro atoms. The molecule has 0 aliphatic heterocycles. The van der Waals surface area contributed by atoms with Crippen molar-refractivity contribution < 1.29 is 19.3 Å². The number of amides is 1. The van der Waals surface area contributed by atoms with Crippen molar-refractivity contribution in [2.45, 2.75) is 6.92 Å². The largest absolute Gasteiger partial charge is 0.433 e. The first-order valence-corrected chi connectivity index (χ1v) is 5.86. The molecule has 0 aliphatic carbocycles. The first-order chi connectivity index (χ1) is 10.0. The van der Waals surface area contributed by atoms with Crippen molar-refractivity contribution in [3.8, 4) is 0 Å². The normalized spacial score (nSPS) is 11.2. The molecular weight excluding hydrogens is 278 g/mol. The lowest BCUT2D eigenvalue weighted by atomic mass is 10.1. The van der Waals surface area contributed by atoms with Gasteiger partial charge in [0.1, 0.15) is 4.92 Å². The minimum absolute atomic E-state index is 0.185. The van der Waals surface area contributed by atoms with E-state index in [0.717, 1.165) is 6.07 Å². The van der Waals surface area contributed by atoms with Crippen LogP contribution in [-0.2, 0) is 0 Å². The van der Waals surface area contributed by atoms with Crippen LogP contribution in [0, 0.1) is 10.1 Å². The Kier molecular flexibility index (Phi) is 3.98. The van der Waals surface area contributed by atoms with Crippen molar-refractivity contribution in [2.75, 3.05) is 5.32 Å². The monoisotopic (exact) mass is 289 g/mol. The van der Waals surface area contributed by atoms with Crippen molar-refractivity contribution in [1.82, 2.24) is 0 Å². The fourth-order valence-corrected chi connectivity index (χ4v) is 1.69. The number of anilines is 1. The summed E-state index contributed by atoms with van der Waals surface area (Å²) >= 11 is 0. The van der Waals surface area contributed by atoms with Crippen LogP contribution >= 0.6 is 0 Å². The second-order valence-electron chi connectivity index (χ2n) is 4.08. The van der Waals surface area contributed by atoms with Crippen LogP contribution in [0.2, 0.25) is 0 Å². The van der Waals surface area contributed by atoms with E-state index >= 15 is 0 Å². The molecule has 0 bridgehead atoms. The Balaban J connectivity index is 2.25. The molecule has 0 unspecified atom stereocenters. The summed E-state index contributed by atoms with van der Waals surface area (Å²) in [5.74, 6) is -1.34. The van der Waals surface area contributed by atoms with E-state index in [4.69, 9.17) is 9.62 Å². The van der Waals surface area contributed by atoms with Gasteiger partial charge in [-0.15, -0.1) is 0 Å². The van der Waals surface area contributed by atoms with Crippen LogP contribution in [0.1, 0.15) is 23.0 Å². The van der Waals surface area contributed by atoms with Crippen molar-refractivity contribution in [1.29, 1.82) is 0 Å². The van der Waals surface area contributed by atoms with Crippen LogP contribution in [0.5, 0.6) is 0 Å². The third-order valence-corrected chi connectivity index (χ3v) is 2.71. The average molecular weight is 289 g/mol. The van der Waals surface area contributed by atoms with E-state index in [0.29, 0.717) is 17.0 Å².